The Bertz CT molecular complexity index is 225. The van der Waals surface area contributed by atoms with Crippen LogP contribution in [-0.2, 0) is 9.59 Å². The quantitative estimate of drug-likeness (QED) is 0.602. The van der Waals surface area contributed by atoms with E-state index >= 15 is 0 Å². The number of likely N-dealkylation sites (tertiary alicyclic amines) is 1. The summed E-state index contributed by atoms with van der Waals surface area (Å²) in [4.78, 5) is 23.9. The third-order valence-corrected chi connectivity index (χ3v) is 2.52. The fourth-order valence-electron chi connectivity index (χ4n) is 1.71. The van der Waals surface area contributed by atoms with Crippen molar-refractivity contribution in [2.75, 3.05) is 26.2 Å². The van der Waals surface area contributed by atoms with Crippen molar-refractivity contribution in [3.63, 3.8) is 0 Å². The molecule has 0 radical (unpaired) electrons. The number of piperidine rings is 1. The maximum atomic E-state index is 11.6. The lowest BCUT2D eigenvalue weighted by Crippen LogP contribution is -2.38. The molecule has 1 rings (SSSR count). The normalized spacial score (nSPS) is 16.4. The molecule has 1 aliphatic heterocycles. The van der Waals surface area contributed by atoms with E-state index < -0.39 is 0 Å². The van der Waals surface area contributed by atoms with E-state index in [1.165, 1.54) is 6.42 Å². The maximum Gasteiger partial charge on any atom is 0.231 e. The predicted molar refractivity (Wildman–Crippen MR) is 57.1 cm³/mol. The lowest BCUT2D eigenvalue weighted by Gasteiger charge is -2.26. The largest absolute Gasteiger partial charge is 0.369 e. The Kier molecular flexibility index (Phi) is 5.10. The third-order valence-electron chi connectivity index (χ3n) is 2.52. The summed E-state index contributed by atoms with van der Waals surface area (Å²) in [5.41, 5.74) is 4.96. The molecule has 1 saturated heterocycles. The summed E-state index contributed by atoms with van der Waals surface area (Å²) in [6.07, 6.45) is 3.90. The van der Waals surface area contributed by atoms with Crippen LogP contribution in [0.5, 0.6) is 0 Å². The topological polar surface area (TPSA) is 75.4 Å². The zero-order valence-corrected chi connectivity index (χ0v) is 9.00. The molecule has 0 unspecified atom stereocenters. The van der Waals surface area contributed by atoms with Gasteiger partial charge in [0.2, 0.25) is 11.8 Å². The second-order valence-electron chi connectivity index (χ2n) is 3.83. The number of hydrogen-bond acceptors (Lipinski definition) is 3. The maximum absolute atomic E-state index is 11.6. The Morgan fingerprint density at radius 3 is 2.47 bits per heavy atom. The molecule has 1 fully saturated rings. The lowest BCUT2D eigenvalue weighted by molar-refractivity contribution is -0.132. The van der Waals surface area contributed by atoms with E-state index in [2.05, 4.69) is 5.32 Å². The zero-order valence-electron chi connectivity index (χ0n) is 9.00. The fraction of sp³-hybridized carbons (Fsp3) is 0.800. The number of carbonyl (C=O) groups is 2. The van der Waals surface area contributed by atoms with Crippen LogP contribution in [0, 0.1) is 0 Å². The van der Waals surface area contributed by atoms with Gasteiger partial charge in [0.1, 0.15) is 0 Å². The van der Waals surface area contributed by atoms with Crippen LogP contribution >= 0.6 is 0 Å². The van der Waals surface area contributed by atoms with E-state index in [1.807, 2.05) is 4.90 Å². The van der Waals surface area contributed by atoms with Gasteiger partial charge in [-0.05, 0) is 19.3 Å². The molecule has 5 heteroatoms. The van der Waals surface area contributed by atoms with Gasteiger partial charge >= 0.3 is 0 Å². The van der Waals surface area contributed by atoms with Crippen molar-refractivity contribution in [3.05, 3.63) is 0 Å². The van der Waals surface area contributed by atoms with E-state index in [0.29, 0.717) is 13.0 Å². The standard InChI is InChI=1S/C10H19N3O2/c11-9(14)8-12-5-4-10(15)13-6-2-1-3-7-13/h12H,1-8H2,(H2,11,14). The molecule has 0 aliphatic carbocycles. The monoisotopic (exact) mass is 213 g/mol. The van der Waals surface area contributed by atoms with Crippen molar-refractivity contribution >= 4 is 11.8 Å². The van der Waals surface area contributed by atoms with Crippen LogP contribution < -0.4 is 11.1 Å². The van der Waals surface area contributed by atoms with Crippen molar-refractivity contribution in [1.82, 2.24) is 10.2 Å². The van der Waals surface area contributed by atoms with Crippen molar-refractivity contribution in [1.29, 1.82) is 0 Å². The first kappa shape index (κ1) is 12.0. The van der Waals surface area contributed by atoms with E-state index in [9.17, 15) is 9.59 Å². The second kappa shape index (κ2) is 6.40. The number of rotatable bonds is 5. The van der Waals surface area contributed by atoms with Crippen LogP contribution in [0.15, 0.2) is 0 Å². The number of nitrogens with one attached hydrogen (secondary N) is 1. The third kappa shape index (κ3) is 4.78. The summed E-state index contributed by atoms with van der Waals surface area (Å²) >= 11 is 0. The van der Waals surface area contributed by atoms with Crippen molar-refractivity contribution in [2.45, 2.75) is 25.7 Å². The zero-order chi connectivity index (χ0) is 11.1. The van der Waals surface area contributed by atoms with E-state index in [1.54, 1.807) is 0 Å². The average molecular weight is 213 g/mol. The first-order valence-corrected chi connectivity index (χ1v) is 5.47. The molecular weight excluding hydrogens is 194 g/mol. The molecule has 86 valence electrons. The second-order valence-corrected chi connectivity index (χ2v) is 3.83. The SMILES string of the molecule is NC(=O)CNCCC(=O)N1CCCCC1. The lowest BCUT2D eigenvalue weighted by atomic mass is 10.1. The summed E-state index contributed by atoms with van der Waals surface area (Å²) in [7, 11) is 0. The Morgan fingerprint density at radius 2 is 1.87 bits per heavy atom. The molecule has 1 aliphatic rings. The molecule has 5 nitrogen and oxygen atoms in total. The van der Waals surface area contributed by atoms with Gasteiger partial charge in [-0.3, -0.25) is 9.59 Å². The van der Waals surface area contributed by atoms with Gasteiger partial charge in [-0.2, -0.15) is 0 Å². The average Bonchev–Trinajstić information content (AvgIpc) is 2.25. The first-order valence-electron chi connectivity index (χ1n) is 5.47. The Labute approximate surface area is 90.0 Å². The summed E-state index contributed by atoms with van der Waals surface area (Å²) in [5.74, 6) is -0.216. The van der Waals surface area contributed by atoms with Crippen LogP contribution in [0.1, 0.15) is 25.7 Å². The summed E-state index contributed by atoms with van der Waals surface area (Å²) in [6.45, 7) is 2.44. The van der Waals surface area contributed by atoms with Crippen molar-refractivity contribution < 1.29 is 9.59 Å². The Hall–Kier alpha value is -1.10. The van der Waals surface area contributed by atoms with Crippen LogP contribution in [0.2, 0.25) is 0 Å². The van der Waals surface area contributed by atoms with E-state index in [4.69, 9.17) is 5.73 Å². The highest BCUT2D eigenvalue weighted by Crippen LogP contribution is 2.09. The summed E-state index contributed by atoms with van der Waals surface area (Å²) < 4.78 is 0. The Balaban J connectivity index is 2.09. The number of amides is 2. The number of carbonyl (C=O) groups excluding carboxylic acids is 2. The van der Waals surface area contributed by atoms with Gasteiger partial charge < -0.3 is 16.0 Å². The van der Waals surface area contributed by atoms with E-state index in [-0.39, 0.29) is 18.4 Å². The molecule has 0 aromatic heterocycles. The highest BCUT2D eigenvalue weighted by molar-refractivity contribution is 5.77. The van der Waals surface area contributed by atoms with Crippen molar-refractivity contribution in [2.24, 2.45) is 5.73 Å². The highest BCUT2D eigenvalue weighted by Gasteiger charge is 2.15. The van der Waals surface area contributed by atoms with Crippen LogP contribution in [0.25, 0.3) is 0 Å². The fourth-order valence-corrected chi connectivity index (χ4v) is 1.71. The molecule has 0 atom stereocenters. The van der Waals surface area contributed by atoms with Crippen LogP contribution in [0.3, 0.4) is 0 Å². The number of nitrogens with zero attached hydrogens (tertiary/aromatic N) is 1. The smallest absolute Gasteiger partial charge is 0.231 e. The molecule has 0 saturated carbocycles. The van der Waals surface area contributed by atoms with Gasteiger partial charge in [0.25, 0.3) is 0 Å². The molecule has 1 heterocycles. The van der Waals surface area contributed by atoms with Gasteiger partial charge in [-0.15, -0.1) is 0 Å². The molecule has 0 spiro atoms. The van der Waals surface area contributed by atoms with Crippen LogP contribution in [0.4, 0.5) is 0 Å². The molecule has 3 N–H and O–H groups in total. The minimum absolute atomic E-state index is 0.146. The first-order chi connectivity index (χ1) is 7.20. The molecule has 0 bridgehead atoms. The van der Waals surface area contributed by atoms with Crippen molar-refractivity contribution in [3.8, 4) is 0 Å². The van der Waals surface area contributed by atoms with Gasteiger partial charge in [0.05, 0.1) is 6.54 Å². The number of hydrogen-bond donors (Lipinski definition) is 2. The highest BCUT2D eigenvalue weighted by atomic mass is 16.2. The van der Waals surface area contributed by atoms with Gasteiger partial charge in [-0.25, -0.2) is 0 Å². The van der Waals surface area contributed by atoms with Crippen LogP contribution in [-0.4, -0.2) is 42.9 Å². The molecular formula is C10H19N3O2. The van der Waals surface area contributed by atoms with E-state index in [0.717, 1.165) is 25.9 Å². The molecule has 0 aromatic carbocycles. The Morgan fingerprint density at radius 1 is 1.20 bits per heavy atom. The minimum atomic E-state index is -0.388. The van der Waals surface area contributed by atoms with Gasteiger partial charge in [-0.1, -0.05) is 0 Å². The van der Waals surface area contributed by atoms with Gasteiger partial charge in [0, 0.05) is 26.1 Å². The number of nitrogens with two attached hydrogens (primary N) is 1. The predicted octanol–water partition coefficient (Wildman–Crippen LogP) is -0.536. The summed E-state index contributed by atoms with van der Waals surface area (Å²) in [6, 6.07) is 0. The number of primary amides is 1. The summed E-state index contributed by atoms with van der Waals surface area (Å²) in [5, 5.41) is 2.83. The van der Waals surface area contributed by atoms with Gasteiger partial charge in [0.15, 0.2) is 0 Å². The molecule has 2 amide bonds. The minimum Gasteiger partial charge on any atom is -0.369 e. The molecule has 0 aromatic rings. The molecule has 15 heavy (non-hydrogen) atoms.